The zero-order chi connectivity index (χ0) is 8.08. The molecule has 0 heterocycles. The second-order valence-corrected chi connectivity index (χ2v) is 3.47. The Labute approximate surface area is 90.2 Å². The molecule has 0 rings (SSSR count). The van der Waals surface area contributed by atoms with Crippen molar-refractivity contribution < 1.29 is 48.5 Å². The minimum Gasteiger partial charge on any atom is -1.00 e. The predicted octanol–water partition coefficient (Wildman–Crippen LogP) is -2.21. The maximum Gasteiger partial charge on any atom is 1.00 e. The van der Waals surface area contributed by atoms with Crippen molar-refractivity contribution in [3.63, 3.8) is 0 Å². The van der Waals surface area contributed by atoms with Crippen molar-refractivity contribution in [1.29, 1.82) is 0 Å². The Morgan fingerprint density at radius 3 is 1.40 bits per heavy atom. The van der Waals surface area contributed by atoms with Crippen LogP contribution in [0.15, 0.2) is 0 Å². The molecule has 0 aromatic carbocycles. The molecule has 0 radical (unpaired) electrons. The van der Waals surface area contributed by atoms with Gasteiger partial charge in [-0.2, -0.15) is 21.0 Å². The van der Waals surface area contributed by atoms with Crippen LogP contribution in [0.3, 0.4) is 0 Å². The summed E-state index contributed by atoms with van der Waals surface area (Å²) in [4.78, 5) is 0. The van der Waals surface area contributed by atoms with Crippen molar-refractivity contribution in [1.82, 2.24) is 0 Å². The van der Waals surface area contributed by atoms with Gasteiger partial charge in [0, 0.05) is 0 Å². The third-order valence-electron chi connectivity index (χ3n) is 0. The van der Waals surface area contributed by atoms with Crippen molar-refractivity contribution in [2.75, 3.05) is 0 Å². The molecule has 60 valence electrons. The molecule has 2 N–H and O–H groups in total. The molecular formula is C3H11NaO4S2. The van der Waals surface area contributed by atoms with E-state index in [9.17, 15) is 0 Å². The first kappa shape index (κ1) is 17.3. The third-order valence-corrected chi connectivity index (χ3v) is 0. The van der Waals surface area contributed by atoms with Gasteiger partial charge >= 0.3 is 40.0 Å². The van der Waals surface area contributed by atoms with Gasteiger partial charge in [-0.1, -0.05) is 13.8 Å². The van der Waals surface area contributed by atoms with E-state index >= 15 is 0 Å². The minimum absolute atomic E-state index is 0. The van der Waals surface area contributed by atoms with E-state index in [2.05, 4.69) is 12.6 Å². The zero-order valence-corrected chi connectivity index (χ0v) is 9.85. The standard InChI is InChI=1S/C3H8S.Na.H2O4S.H/c1-3(2)4;;1-5(2,3)4;/h3-4H,1-2H3;;(H2,1,2,3,4);/q;+1;;-1. The van der Waals surface area contributed by atoms with Gasteiger partial charge in [-0.15, -0.1) is 0 Å². The fraction of sp³-hybridized carbons (Fsp3) is 1.00. The average Bonchev–Trinajstić information content (AvgIpc) is 1.19. The van der Waals surface area contributed by atoms with Crippen LogP contribution in [0.1, 0.15) is 15.3 Å². The van der Waals surface area contributed by atoms with Crippen LogP contribution in [0.4, 0.5) is 0 Å². The van der Waals surface area contributed by atoms with Gasteiger partial charge in [0.05, 0.1) is 0 Å². The van der Waals surface area contributed by atoms with E-state index < -0.39 is 10.4 Å². The van der Waals surface area contributed by atoms with Crippen LogP contribution in [0.2, 0.25) is 0 Å². The number of thiol groups is 1. The van der Waals surface area contributed by atoms with Crippen LogP contribution < -0.4 is 29.6 Å². The summed E-state index contributed by atoms with van der Waals surface area (Å²) in [5.74, 6) is 0. The van der Waals surface area contributed by atoms with E-state index in [1.807, 2.05) is 13.8 Å². The third kappa shape index (κ3) is 419. The maximum atomic E-state index is 8.74. The van der Waals surface area contributed by atoms with Gasteiger partial charge in [0.1, 0.15) is 0 Å². The first-order chi connectivity index (χ1) is 3.73. The van der Waals surface area contributed by atoms with Gasteiger partial charge in [0.15, 0.2) is 0 Å². The first-order valence-corrected chi connectivity index (χ1v) is 4.02. The summed E-state index contributed by atoms with van der Waals surface area (Å²) in [6.45, 7) is 4.06. The van der Waals surface area contributed by atoms with E-state index in [0.29, 0.717) is 5.25 Å². The number of hydrogen-bond acceptors (Lipinski definition) is 3. The van der Waals surface area contributed by atoms with Crippen LogP contribution >= 0.6 is 12.6 Å². The molecule has 0 spiro atoms. The van der Waals surface area contributed by atoms with E-state index in [1.165, 1.54) is 0 Å². The van der Waals surface area contributed by atoms with E-state index in [0.717, 1.165) is 0 Å². The molecule has 0 fully saturated rings. The minimum atomic E-state index is -4.67. The summed E-state index contributed by atoms with van der Waals surface area (Å²) in [5.41, 5.74) is 0. The monoisotopic (exact) mass is 198 g/mol. The summed E-state index contributed by atoms with van der Waals surface area (Å²) in [6, 6.07) is 0. The molecule has 0 aliphatic rings. The quantitative estimate of drug-likeness (QED) is 0.234. The van der Waals surface area contributed by atoms with Crippen LogP contribution in [0, 0.1) is 0 Å². The Bertz CT molecular complexity index is 135. The maximum absolute atomic E-state index is 8.74. The molecule has 0 amide bonds. The Hall–Kier alpha value is 1.22. The van der Waals surface area contributed by atoms with E-state index in [4.69, 9.17) is 17.5 Å². The van der Waals surface area contributed by atoms with Crippen LogP contribution in [0.5, 0.6) is 0 Å². The molecule has 0 aromatic rings. The van der Waals surface area contributed by atoms with Crippen LogP contribution in [0.25, 0.3) is 0 Å². The van der Waals surface area contributed by atoms with Crippen molar-refractivity contribution in [3.8, 4) is 0 Å². The molecule has 0 aliphatic heterocycles. The van der Waals surface area contributed by atoms with E-state index in [-0.39, 0.29) is 31.0 Å². The predicted molar refractivity (Wildman–Crippen MR) is 39.4 cm³/mol. The molecule has 0 aliphatic carbocycles. The summed E-state index contributed by atoms with van der Waals surface area (Å²) < 4.78 is 31.6. The summed E-state index contributed by atoms with van der Waals surface area (Å²) in [6.07, 6.45) is 0. The molecule has 0 atom stereocenters. The van der Waals surface area contributed by atoms with Gasteiger partial charge in [0.2, 0.25) is 0 Å². The van der Waals surface area contributed by atoms with Crippen molar-refractivity contribution in [2.45, 2.75) is 19.1 Å². The van der Waals surface area contributed by atoms with Crippen LogP contribution in [-0.2, 0) is 10.4 Å². The Morgan fingerprint density at radius 1 is 1.40 bits per heavy atom. The van der Waals surface area contributed by atoms with Crippen LogP contribution in [-0.4, -0.2) is 22.8 Å². The normalized spacial score (nSPS) is 9.40. The fourth-order valence-corrected chi connectivity index (χ4v) is 0. The number of hydrogen-bond donors (Lipinski definition) is 3. The smallest absolute Gasteiger partial charge is 1.00 e. The topological polar surface area (TPSA) is 74.6 Å². The average molecular weight is 198 g/mol. The van der Waals surface area contributed by atoms with Gasteiger partial charge in [-0.25, -0.2) is 0 Å². The summed E-state index contributed by atoms with van der Waals surface area (Å²) in [5, 5.41) is 0.528. The SMILES string of the molecule is CC(C)S.O=S(=O)(O)O.[H-].[Na+]. The molecule has 0 saturated carbocycles. The van der Waals surface area contributed by atoms with Crippen molar-refractivity contribution in [3.05, 3.63) is 0 Å². The zero-order valence-electron chi connectivity index (χ0n) is 7.14. The summed E-state index contributed by atoms with van der Waals surface area (Å²) >= 11 is 3.97. The second-order valence-electron chi connectivity index (χ2n) is 1.54. The summed E-state index contributed by atoms with van der Waals surface area (Å²) in [7, 11) is -4.67. The van der Waals surface area contributed by atoms with Gasteiger partial charge in [0.25, 0.3) is 0 Å². The van der Waals surface area contributed by atoms with Gasteiger partial charge in [-0.3, -0.25) is 9.11 Å². The second kappa shape index (κ2) is 8.32. The molecule has 7 heteroatoms. The molecule has 0 unspecified atom stereocenters. The van der Waals surface area contributed by atoms with Crippen molar-refractivity contribution >= 4 is 23.0 Å². The van der Waals surface area contributed by atoms with E-state index in [1.54, 1.807) is 0 Å². The Kier molecular flexibility index (Phi) is 14.4. The molecule has 0 saturated heterocycles. The fourth-order valence-electron chi connectivity index (χ4n) is 0. The van der Waals surface area contributed by atoms with Crippen molar-refractivity contribution in [2.24, 2.45) is 0 Å². The van der Waals surface area contributed by atoms with Gasteiger partial charge in [-0.05, 0) is 5.25 Å². The Balaban J connectivity index is -0.0000000383. The molecule has 10 heavy (non-hydrogen) atoms. The van der Waals surface area contributed by atoms with Gasteiger partial charge < -0.3 is 1.43 Å². The number of rotatable bonds is 0. The molecule has 4 nitrogen and oxygen atoms in total. The Morgan fingerprint density at radius 2 is 1.40 bits per heavy atom. The molecule has 0 bridgehead atoms. The first-order valence-electron chi connectivity index (χ1n) is 2.11. The largest absolute Gasteiger partial charge is 1.00 e. The molecule has 0 aromatic heterocycles. The molecular weight excluding hydrogens is 187 g/mol.